The summed E-state index contributed by atoms with van der Waals surface area (Å²) in [6, 6.07) is 7.51. The Morgan fingerprint density at radius 2 is 1.23 bits per heavy atom. The topological polar surface area (TPSA) is 71.1 Å². The maximum atomic E-state index is 12.0. The van der Waals surface area contributed by atoms with Crippen molar-refractivity contribution >= 4 is 11.9 Å². The van der Waals surface area contributed by atoms with E-state index in [1.54, 1.807) is 26.0 Å². The van der Waals surface area contributed by atoms with Gasteiger partial charge < -0.3 is 18.9 Å². The van der Waals surface area contributed by atoms with Gasteiger partial charge in [-0.3, -0.25) is 0 Å². The lowest BCUT2D eigenvalue weighted by Crippen LogP contribution is -2.14. The molecule has 0 N–H and O–H groups in total. The summed E-state index contributed by atoms with van der Waals surface area (Å²) in [7, 11) is 0. The minimum atomic E-state index is -0.437. The van der Waals surface area contributed by atoms with Crippen molar-refractivity contribution in [3.05, 3.63) is 58.7 Å². The molecular formula is C20H22O6. The molecule has 2 heterocycles. The van der Waals surface area contributed by atoms with E-state index in [1.165, 1.54) is 0 Å². The molecule has 3 rings (SSSR count). The third kappa shape index (κ3) is 3.71. The normalized spacial score (nSPS) is 21.9. The van der Waals surface area contributed by atoms with Crippen LogP contribution in [0.2, 0.25) is 0 Å². The third-order valence-electron chi connectivity index (χ3n) is 4.26. The van der Waals surface area contributed by atoms with Crippen molar-refractivity contribution in [3.8, 4) is 0 Å². The SMILES string of the molecule is CCOC(=O)C1=CCOC1c1ccc(C2OCC=C2C(=O)OCC)cc1. The van der Waals surface area contributed by atoms with Gasteiger partial charge in [-0.05, 0) is 37.1 Å². The van der Waals surface area contributed by atoms with Gasteiger partial charge in [0.05, 0.1) is 37.6 Å². The van der Waals surface area contributed by atoms with Gasteiger partial charge in [0.25, 0.3) is 0 Å². The van der Waals surface area contributed by atoms with Gasteiger partial charge in [-0.25, -0.2) is 9.59 Å². The number of carbonyl (C=O) groups is 2. The highest BCUT2D eigenvalue weighted by Crippen LogP contribution is 2.35. The molecule has 0 spiro atoms. The molecule has 2 unspecified atom stereocenters. The van der Waals surface area contributed by atoms with Crippen LogP contribution in [-0.4, -0.2) is 38.4 Å². The molecule has 0 fully saturated rings. The lowest BCUT2D eigenvalue weighted by Gasteiger charge is -2.17. The molecule has 0 amide bonds. The van der Waals surface area contributed by atoms with Gasteiger partial charge in [0.1, 0.15) is 12.2 Å². The van der Waals surface area contributed by atoms with Crippen molar-refractivity contribution in [2.45, 2.75) is 26.1 Å². The van der Waals surface area contributed by atoms with Gasteiger partial charge in [-0.1, -0.05) is 24.3 Å². The van der Waals surface area contributed by atoms with Crippen LogP contribution in [0.15, 0.2) is 47.6 Å². The Balaban J connectivity index is 1.75. The summed E-state index contributed by atoms with van der Waals surface area (Å²) < 4.78 is 21.5. The number of rotatable bonds is 6. The second-order valence-corrected chi connectivity index (χ2v) is 5.85. The first-order valence-corrected chi connectivity index (χ1v) is 8.73. The van der Waals surface area contributed by atoms with Gasteiger partial charge in [-0.2, -0.15) is 0 Å². The van der Waals surface area contributed by atoms with E-state index in [2.05, 4.69) is 0 Å². The summed E-state index contributed by atoms with van der Waals surface area (Å²) in [6.45, 7) is 4.94. The molecule has 0 saturated heterocycles. The molecule has 0 radical (unpaired) electrons. The fourth-order valence-electron chi connectivity index (χ4n) is 3.07. The van der Waals surface area contributed by atoms with Gasteiger partial charge in [0, 0.05) is 0 Å². The predicted octanol–water partition coefficient (Wildman–Crippen LogP) is 2.81. The fourth-order valence-corrected chi connectivity index (χ4v) is 3.07. The molecule has 2 aliphatic heterocycles. The first kappa shape index (κ1) is 18.4. The van der Waals surface area contributed by atoms with Crippen molar-refractivity contribution in [1.82, 2.24) is 0 Å². The zero-order valence-corrected chi connectivity index (χ0v) is 14.9. The Morgan fingerprint density at radius 1 is 0.846 bits per heavy atom. The van der Waals surface area contributed by atoms with E-state index in [-0.39, 0.29) is 11.9 Å². The number of ether oxygens (including phenoxy) is 4. The van der Waals surface area contributed by atoms with Crippen LogP contribution in [0.1, 0.15) is 37.2 Å². The van der Waals surface area contributed by atoms with Crippen LogP contribution in [0, 0.1) is 0 Å². The standard InChI is InChI=1S/C20H22O6/c1-3-23-19(21)15-9-11-25-17(15)13-5-7-14(8-6-13)18-16(10-12-26-18)20(22)24-4-2/h5-10,17-18H,3-4,11-12H2,1-2H3. The van der Waals surface area contributed by atoms with Crippen molar-refractivity contribution in [1.29, 1.82) is 0 Å². The summed E-state index contributed by atoms with van der Waals surface area (Å²) in [5.41, 5.74) is 2.74. The molecule has 0 aliphatic carbocycles. The summed E-state index contributed by atoms with van der Waals surface area (Å²) in [6.07, 6.45) is 2.62. The maximum Gasteiger partial charge on any atom is 0.336 e. The molecular weight excluding hydrogens is 336 g/mol. The van der Waals surface area contributed by atoms with E-state index >= 15 is 0 Å². The van der Waals surface area contributed by atoms with Crippen molar-refractivity contribution in [3.63, 3.8) is 0 Å². The number of carbonyl (C=O) groups excluding carboxylic acids is 2. The largest absolute Gasteiger partial charge is 0.463 e. The molecule has 1 aromatic carbocycles. The van der Waals surface area contributed by atoms with E-state index in [9.17, 15) is 9.59 Å². The average molecular weight is 358 g/mol. The Hall–Kier alpha value is -2.44. The van der Waals surface area contributed by atoms with Gasteiger partial charge in [0.2, 0.25) is 0 Å². The monoisotopic (exact) mass is 358 g/mol. The quantitative estimate of drug-likeness (QED) is 0.728. The molecule has 2 atom stereocenters. The molecule has 26 heavy (non-hydrogen) atoms. The minimum absolute atomic E-state index is 0.323. The van der Waals surface area contributed by atoms with Crippen LogP contribution in [0.4, 0.5) is 0 Å². The highest BCUT2D eigenvalue weighted by molar-refractivity contribution is 5.91. The highest BCUT2D eigenvalue weighted by atomic mass is 16.5. The van der Waals surface area contributed by atoms with E-state index in [1.807, 2.05) is 24.3 Å². The van der Waals surface area contributed by atoms with E-state index in [0.717, 1.165) is 11.1 Å². The summed E-state index contributed by atoms with van der Waals surface area (Å²) >= 11 is 0. The molecule has 6 nitrogen and oxygen atoms in total. The lowest BCUT2D eigenvalue weighted by atomic mass is 9.97. The fraction of sp³-hybridized carbons (Fsp3) is 0.400. The van der Waals surface area contributed by atoms with Crippen LogP contribution < -0.4 is 0 Å². The molecule has 0 bridgehead atoms. The Bertz CT molecular complexity index is 668. The van der Waals surface area contributed by atoms with E-state index in [4.69, 9.17) is 18.9 Å². The van der Waals surface area contributed by atoms with Gasteiger partial charge in [0.15, 0.2) is 0 Å². The summed E-state index contributed by atoms with van der Waals surface area (Å²) in [5.74, 6) is -0.712. The Labute approximate surface area is 152 Å². The maximum absolute atomic E-state index is 12.0. The molecule has 138 valence electrons. The van der Waals surface area contributed by atoms with Gasteiger partial charge in [-0.15, -0.1) is 0 Å². The second-order valence-electron chi connectivity index (χ2n) is 5.85. The molecule has 2 aliphatic rings. The number of esters is 2. The van der Waals surface area contributed by atoms with Crippen LogP contribution >= 0.6 is 0 Å². The average Bonchev–Trinajstić information content (AvgIpc) is 3.32. The van der Waals surface area contributed by atoms with Crippen LogP contribution in [0.3, 0.4) is 0 Å². The molecule has 0 aromatic heterocycles. The van der Waals surface area contributed by atoms with Crippen LogP contribution in [0.5, 0.6) is 0 Å². The van der Waals surface area contributed by atoms with E-state index in [0.29, 0.717) is 37.6 Å². The van der Waals surface area contributed by atoms with Gasteiger partial charge >= 0.3 is 11.9 Å². The smallest absolute Gasteiger partial charge is 0.336 e. The van der Waals surface area contributed by atoms with E-state index < -0.39 is 12.2 Å². The number of hydrogen-bond donors (Lipinski definition) is 0. The number of benzene rings is 1. The first-order valence-electron chi connectivity index (χ1n) is 8.73. The lowest BCUT2D eigenvalue weighted by molar-refractivity contribution is -0.140. The zero-order chi connectivity index (χ0) is 18.5. The van der Waals surface area contributed by atoms with Crippen LogP contribution in [0.25, 0.3) is 0 Å². The summed E-state index contributed by atoms with van der Waals surface area (Å²) in [4.78, 5) is 24.1. The molecule has 0 saturated carbocycles. The molecule has 6 heteroatoms. The number of hydrogen-bond acceptors (Lipinski definition) is 6. The molecule has 1 aromatic rings. The van der Waals surface area contributed by atoms with Crippen molar-refractivity contribution in [2.24, 2.45) is 0 Å². The minimum Gasteiger partial charge on any atom is -0.463 e. The second kappa shape index (κ2) is 8.29. The van der Waals surface area contributed by atoms with Crippen molar-refractivity contribution < 1.29 is 28.5 Å². The first-order chi connectivity index (χ1) is 12.7. The Morgan fingerprint density at radius 3 is 1.58 bits per heavy atom. The Kier molecular flexibility index (Phi) is 5.85. The third-order valence-corrected chi connectivity index (χ3v) is 4.26. The zero-order valence-electron chi connectivity index (χ0n) is 14.9. The summed E-state index contributed by atoms with van der Waals surface area (Å²) in [5, 5.41) is 0. The van der Waals surface area contributed by atoms with Crippen molar-refractivity contribution in [2.75, 3.05) is 26.4 Å². The predicted molar refractivity (Wildman–Crippen MR) is 93.3 cm³/mol. The van der Waals surface area contributed by atoms with Crippen LogP contribution in [-0.2, 0) is 28.5 Å². The highest BCUT2D eigenvalue weighted by Gasteiger charge is 2.31.